The second kappa shape index (κ2) is 4.85. The molecule has 6 heteroatoms. The molecule has 0 spiro atoms. The molecule has 0 saturated heterocycles. The second-order valence-corrected chi connectivity index (χ2v) is 3.27. The maximum atomic E-state index is 11.4. The smallest absolute Gasteiger partial charge is 0.341 e. The van der Waals surface area contributed by atoms with Gasteiger partial charge < -0.3 is 14.6 Å². The topological polar surface area (TPSA) is 72.8 Å². The lowest BCUT2D eigenvalue weighted by atomic mass is 10.1. The van der Waals surface area contributed by atoms with Crippen LogP contribution in [0.25, 0.3) is 0 Å². The Morgan fingerprint density at radius 1 is 1.25 bits per heavy atom. The number of aromatic carboxylic acids is 1. The van der Waals surface area contributed by atoms with Crippen molar-refractivity contribution in [2.75, 3.05) is 14.2 Å². The number of halogens is 1. The highest BCUT2D eigenvalue weighted by atomic mass is 35.5. The minimum atomic E-state index is -1.23. The van der Waals surface area contributed by atoms with Gasteiger partial charge in [-0.25, -0.2) is 9.59 Å². The van der Waals surface area contributed by atoms with Crippen molar-refractivity contribution in [2.45, 2.75) is 0 Å². The molecular weight excluding hydrogens is 236 g/mol. The molecule has 0 aliphatic heterocycles. The van der Waals surface area contributed by atoms with Gasteiger partial charge in [-0.2, -0.15) is 0 Å². The summed E-state index contributed by atoms with van der Waals surface area (Å²) < 4.78 is 9.37. The quantitative estimate of drug-likeness (QED) is 0.822. The number of carboxylic acid groups (broad SMARTS) is 1. The van der Waals surface area contributed by atoms with Crippen LogP contribution in [0.4, 0.5) is 0 Å². The molecule has 0 fully saturated rings. The molecule has 5 nitrogen and oxygen atoms in total. The van der Waals surface area contributed by atoms with Crippen molar-refractivity contribution in [2.24, 2.45) is 0 Å². The van der Waals surface area contributed by atoms with Crippen molar-refractivity contribution in [3.8, 4) is 5.75 Å². The van der Waals surface area contributed by atoms with Crippen LogP contribution in [0, 0.1) is 0 Å². The largest absolute Gasteiger partial charge is 0.495 e. The number of carbonyl (C=O) groups excluding carboxylic acids is 1. The summed E-state index contributed by atoms with van der Waals surface area (Å²) in [5, 5.41) is 9.03. The number of hydrogen-bond acceptors (Lipinski definition) is 4. The van der Waals surface area contributed by atoms with Crippen molar-refractivity contribution in [3.05, 3.63) is 28.3 Å². The zero-order valence-corrected chi connectivity index (χ0v) is 9.37. The van der Waals surface area contributed by atoms with E-state index in [4.69, 9.17) is 21.4 Å². The monoisotopic (exact) mass is 244 g/mol. The standard InChI is InChI=1S/C10H9ClO5/c1-15-8-6(9(12)13)3-5(11)4-7(8)10(14)16-2/h3-4H,1-2H3,(H,12,13). The molecule has 0 aliphatic carbocycles. The first-order valence-corrected chi connectivity index (χ1v) is 4.58. The van der Waals surface area contributed by atoms with E-state index in [2.05, 4.69) is 4.74 Å². The SMILES string of the molecule is COC(=O)c1cc(Cl)cc(C(=O)O)c1OC. The fraction of sp³-hybridized carbons (Fsp3) is 0.200. The number of methoxy groups -OCH3 is 2. The third-order valence-corrected chi connectivity index (χ3v) is 2.11. The van der Waals surface area contributed by atoms with Crippen LogP contribution in [-0.4, -0.2) is 31.3 Å². The summed E-state index contributed by atoms with van der Waals surface area (Å²) in [4.78, 5) is 22.3. The summed E-state index contributed by atoms with van der Waals surface area (Å²) in [6, 6.07) is 2.49. The zero-order chi connectivity index (χ0) is 12.3. The van der Waals surface area contributed by atoms with Crippen LogP contribution in [0.3, 0.4) is 0 Å². The number of esters is 1. The van der Waals surface area contributed by atoms with Crippen molar-refractivity contribution < 1.29 is 24.2 Å². The molecule has 1 aromatic carbocycles. The lowest BCUT2D eigenvalue weighted by molar-refractivity contribution is 0.0597. The van der Waals surface area contributed by atoms with Gasteiger partial charge in [0.1, 0.15) is 16.9 Å². The lowest BCUT2D eigenvalue weighted by Gasteiger charge is -2.10. The molecule has 1 N–H and O–H groups in total. The maximum Gasteiger partial charge on any atom is 0.341 e. The summed E-state index contributed by atoms with van der Waals surface area (Å²) in [6.45, 7) is 0. The molecule has 16 heavy (non-hydrogen) atoms. The highest BCUT2D eigenvalue weighted by Gasteiger charge is 2.21. The summed E-state index contributed by atoms with van der Waals surface area (Å²) in [5.41, 5.74) is -0.203. The summed E-state index contributed by atoms with van der Waals surface area (Å²) in [6.07, 6.45) is 0. The van der Waals surface area contributed by atoms with Crippen LogP contribution in [0.1, 0.15) is 20.7 Å². The molecule has 1 rings (SSSR count). The van der Waals surface area contributed by atoms with E-state index in [9.17, 15) is 9.59 Å². The normalized spacial score (nSPS) is 9.69. The van der Waals surface area contributed by atoms with E-state index in [1.165, 1.54) is 26.4 Å². The van der Waals surface area contributed by atoms with Crippen molar-refractivity contribution in [1.29, 1.82) is 0 Å². The van der Waals surface area contributed by atoms with Gasteiger partial charge in [-0.1, -0.05) is 11.6 Å². The summed E-state index contributed by atoms with van der Waals surface area (Å²) in [5.74, 6) is -2.00. The van der Waals surface area contributed by atoms with E-state index in [-0.39, 0.29) is 21.9 Å². The zero-order valence-electron chi connectivity index (χ0n) is 8.61. The van der Waals surface area contributed by atoms with Gasteiger partial charge >= 0.3 is 11.9 Å². The minimum Gasteiger partial charge on any atom is -0.495 e. The minimum absolute atomic E-state index is 0.0186. The van der Waals surface area contributed by atoms with Crippen molar-refractivity contribution in [1.82, 2.24) is 0 Å². The van der Waals surface area contributed by atoms with Crippen LogP contribution in [0.15, 0.2) is 12.1 Å². The average molecular weight is 245 g/mol. The molecule has 0 unspecified atom stereocenters. The van der Waals surface area contributed by atoms with E-state index < -0.39 is 11.9 Å². The van der Waals surface area contributed by atoms with Crippen molar-refractivity contribution in [3.63, 3.8) is 0 Å². The van der Waals surface area contributed by atoms with Gasteiger partial charge in [-0.15, -0.1) is 0 Å². The molecule has 0 aliphatic rings. The van der Waals surface area contributed by atoms with E-state index in [1.54, 1.807) is 0 Å². The maximum absolute atomic E-state index is 11.4. The molecule has 0 bridgehead atoms. The summed E-state index contributed by atoms with van der Waals surface area (Å²) >= 11 is 5.70. The van der Waals surface area contributed by atoms with Crippen LogP contribution in [0.5, 0.6) is 5.75 Å². The number of rotatable bonds is 3. The summed E-state index contributed by atoms with van der Waals surface area (Å²) in [7, 11) is 2.45. The molecule has 1 aromatic rings. The van der Waals surface area contributed by atoms with Gasteiger partial charge in [0.05, 0.1) is 14.2 Å². The molecule has 0 amide bonds. The first-order chi connectivity index (χ1) is 7.51. The Labute approximate surface area is 96.5 Å². The van der Waals surface area contributed by atoms with E-state index in [1.807, 2.05) is 0 Å². The highest BCUT2D eigenvalue weighted by Crippen LogP contribution is 2.28. The molecule has 0 heterocycles. The number of carbonyl (C=O) groups is 2. The van der Waals surface area contributed by atoms with E-state index in [0.717, 1.165) is 0 Å². The van der Waals surface area contributed by atoms with E-state index in [0.29, 0.717) is 0 Å². The Morgan fingerprint density at radius 2 is 1.81 bits per heavy atom. The Kier molecular flexibility index (Phi) is 3.73. The van der Waals surface area contributed by atoms with Gasteiger partial charge in [0.2, 0.25) is 0 Å². The van der Waals surface area contributed by atoms with Gasteiger partial charge in [0.15, 0.2) is 0 Å². The Balaban J connectivity index is 3.48. The highest BCUT2D eigenvalue weighted by molar-refractivity contribution is 6.31. The van der Waals surface area contributed by atoms with Gasteiger partial charge in [-0.3, -0.25) is 0 Å². The first-order valence-electron chi connectivity index (χ1n) is 4.20. The van der Waals surface area contributed by atoms with Gasteiger partial charge in [0.25, 0.3) is 0 Å². The number of carboxylic acids is 1. The molecular formula is C10H9ClO5. The van der Waals surface area contributed by atoms with E-state index >= 15 is 0 Å². The third-order valence-electron chi connectivity index (χ3n) is 1.89. The number of benzene rings is 1. The molecule has 0 saturated carbocycles. The predicted molar refractivity (Wildman–Crippen MR) is 56.3 cm³/mol. The Hall–Kier alpha value is -1.75. The third kappa shape index (κ3) is 2.25. The van der Waals surface area contributed by atoms with Gasteiger partial charge in [-0.05, 0) is 12.1 Å². The molecule has 0 radical (unpaired) electrons. The molecule has 86 valence electrons. The molecule has 0 atom stereocenters. The number of ether oxygens (including phenoxy) is 2. The van der Waals surface area contributed by atoms with Crippen molar-refractivity contribution >= 4 is 23.5 Å². The fourth-order valence-corrected chi connectivity index (χ4v) is 1.45. The lowest BCUT2D eigenvalue weighted by Crippen LogP contribution is -2.09. The Bertz CT molecular complexity index is 441. The average Bonchev–Trinajstić information content (AvgIpc) is 2.26. The number of hydrogen-bond donors (Lipinski definition) is 1. The van der Waals surface area contributed by atoms with Crippen LogP contribution < -0.4 is 4.74 Å². The second-order valence-electron chi connectivity index (χ2n) is 2.83. The van der Waals surface area contributed by atoms with Crippen LogP contribution in [-0.2, 0) is 4.74 Å². The Morgan fingerprint density at radius 3 is 2.25 bits per heavy atom. The predicted octanol–water partition coefficient (Wildman–Crippen LogP) is 1.83. The molecule has 0 aromatic heterocycles. The van der Waals surface area contributed by atoms with Gasteiger partial charge in [0, 0.05) is 5.02 Å². The van der Waals surface area contributed by atoms with Crippen LogP contribution >= 0.6 is 11.6 Å². The van der Waals surface area contributed by atoms with Crippen LogP contribution in [0.2, 0.25) is 5.02 Å². The fourth-order valence-electron chi connectivity index (χ4n) is 1.23. The first kappa shape index (κ1) is 12.3.